The lowest BCUT2D eigenvalue weighted by Crippen LogP contribution is -2.71. The Labute approximate surface area is 660 Å². The van der Waals surface area contributed by atoms with Gasteiger partial charge in [0.2, 0.25) is 5.91 Å². The van der Waals surface area contributed by atoms with Crippen LogP contribution >= 0.6 is 23.2 Å². The lowest BCUT2D eigenvalue weighted by molar-refractivity contribution is -0.416. The zero-order chi connectivity index (χ0) is 81.8. The second-order valence-electron chi connectivity index (χ2n) is 31.0. The fourth-order valence-corrected chi connectivity index (χ4v) is 18.1. The highest BCUT2D eigenvalue weighted by Crippen LogP contribution is 2.53. The summed E-state index contributed by atoms with van der Waals surface area (Å²) in [6.07, 6.45) is -37.5. The van der Waals surface area contributed by atoms with Crippen molar-refractivity contribution < 1.29 is 178 Å². The number of phenolic OH excluding ortho intramolecular Hbond substituents is 3. The van der Waals surface area contributed by atoms with Crippen LogP contribution in [0.25, 0.3) is 0 Å². The van der Waals surface area contributed by atoms with E-state index in [-0.39, 0.29) is 89.2 Å². The number of fused-ring (bicyclic) bond motifs is 4. The van der Waals surface area contributed by atoms with Gasteiger partial charge in [-0.3, -0.25) is 4.79 Å². The zero-order valence-corrected chi connectivity index (χ0v) is 66.6. The fraction of sp³-hybridized carbons (Fsp3) is 0.795. The summed E-state index contributed by atoms with van der Waals surface area (Å²) in [5.41, 5.74) is -5.00. The number of halogens is 2. The Morgan fingerprint density at radius 3 is 2.00 bits per heavy atom. The van der Waals surface area contributed by atoms with Crippen LogP contribution in [0.15, 0.2) is 12.1 Å². The molecule has 636 valence electrons. The molecule has 9 N–H and O–H groups in total. The molecule has 2 aromatic carbocycles. The quantitative estimate of drug-likeness (QED) is 0.0800. The van der Waals surface area contributed by atoms with Crippen LogP contribution in [-0.2, 0) is 123 Å². The number of ether oxygens (including phenoxy) is 26. The number of esters is 2. The topological polar surface area (TPSA) is 465 Å². The Morgan fingerprint density at radius 1 is 0.619 bits per heavy atom. The lowest BCUT2D eigenvalue weighted by Gasteiger charge is -2.53. The number of benzene rings is 2. The fourth-order valence-electron chi connectivity index (χ4n) is 17.6. The second-order valence-corrected chi connectivity index (χ2v) is 31.8. The van der Waals surface area contributed by atoms with E-state index in [0.717, 1.165) is 6.07 Å². The number of hydrogen-bond donors (Lipinski definition) is 9. The van der Waals surface area contributed by atoms with Gasteiger partial charge in [0.1, 0.15) is 137 Å². The molecule has 0 aliphatic carbocycles. The van der Waals surface area contributed by atoms with Gasteiger partial charge in [-0.25, -0.2) is 9.59 Å². The van der Waals surface area contributed by atoms with Crippen molar-refractivity contribution in [1.82, 2.24) is 5.32 Å². The number of rotatable bonds is 21. The standard InChI is InChI=1S/C73H103Cl2NO37/c1-26-17-34(78)18-35(79)43(26)63(85)102-39-24-96-73(62-55(39)94-25-95-62)110-40-23-93-65(49(83)54(40)111-73)108-66-57(91-15)48(82)53(38(103-66)22-88-12)106-68-70(10,87)61(52(89-13)29(4)100-68)107-67-58(84)71(11)60(32(7)99-67)112-72(113-71)20-36(80)50(30(5)109-72)104-41-19-37(101-42-21-69(9,76-33(8)77)59(92-16)31(6)98-42)51(28(3)97-41)105-64(86)44-27(2)45(74)47(81)46(75)56(44)90-14/h17-18,28-32,36-42,48-55,57-62,65-68,78-84,87H,19-25H2,1-16H3,(H,76,77)/t28-,29-,30-,31+,32-,36-,37-,38-,39-,40+,41+,42+,48+,49-,50-,51-,52+,53-,54-,55+,57+,58-,59+,60-,61+,62-,65+,66+,67+,68+,69+,70-,71-,72-,73-/m1/s1. The van der Waals surface area contributed by atoms with Gasteiger partial charge in [0.15, 0.2) is 67.6 Å². The van der Waals surface area contributed by atoms with E-state index in [4.69, 9.17) is 146 Å². The van der Waals surface area contributed by atoms with Crippen molar-refractivity contribution in [3.05, 3.63) is 44.4 Å². The van der Waals surface area contributed by atoms with Gasteiger partial charge in [-0.15, -0.1) is 0 Å². The molecule has 2 spiro atoms. The molecule has 35 atom stereocenters. The average molecular weight is 1660 g/mol. The normalized spacial score (nSPS) is 45.7. The molecule has 0 aromatic heterocycles. The molecule has 13 rings (SSSR count). The first-order chi connectivity index (χ1) is 53.4. The van der Waals surface area contributed by atoms with E-state index < -0.39 is 243 Å². The molecule has 40 heteroatoms. The Morgan fingerprint density at radius 2 is 1.33 bits per heavy atom. The lowest BCUT2D eigenvalue weighted by atomic mass is 9.84. The summed E-state index contributed by atoms with van der Waals surface area (Å²) < 4.78 is 162. The maximum atomic E-state index is 14.4. The van der Waals surface area contributed by atoms with Gasteiger partial charge in [0.25, 0.3) is 5.97 Å². The minimum atomic E-state index is -2.25. The molecule has 11 fully saturated rings. The van der Waals surface area contributed by atoms with Crippen LogP contribution in [0.2, 0.25) is 10.0 Å². The molecule has 38 nitrogen and oxygen atoms in total. The van der Waals surface area contributed by atoms with E-state index in [1.807, 2.05) is 0 Å². The highest BCUT2D eigenvalue weighted by molar-refractivity contribution is 6.39. The van der Waals surface area contributed by atoms with Crippen molar-refractivity contribution in [1.29, 1.82) is 0 Å². The van der Waals surface area contributed by atoms with Crippen molar-refractivity contribution in [2.24, 2.45) is 0 Å². The second kappa shape index (κ2) is 33.6. The van der Waals surface area contributed by atoms with E-state index in [2.05, 4.69) is 5.32 Å². The number of nitrogens with one attached hydrogen (secondary N) is 1. The highest BCUT2D eigenvalue weighted by atomic mass is 35.5. The summed E-state index contributed by atoms with van der Waals surface area (Å²) in [5, 5.41) is 95.4. The number of phenols is 3. The van der Waals surface area contributed by atoms with Gasteiger partial charge in [0.05, 0.1) is 80.5 Å². The van der Waals surface area contributed by atoms with Gasteiger partial charge in [-0.1, -0.05) is 23.2 Å². The molecule has 113 heavy (non-hydrogen) atoms. The SMILES string of the molecule is COC[C@H]1O[C@@H](O[C@@H]2OC[C@@H]3O[C@@]4(OC[C@@H](OC(=O)c5c(C)cc(O)cc5O)[C@@H]5OCO[C@H]54)O[C@H]3[C@H]2O)[C@@H](OC)[C@@H](O)[C@@H]1O[C@@H]1O[C@H](C)[C@H](OC)[C@H](O[C@@H]2O[C@H](C)[C@H]3O[C@]4(C[C@@H](O)[C@H](O[C@H]5C[C@@H](O[C@H]6C[C@](C)(NC(C)=O)[C@@H](OC)[C@H](C)O6)[C@H](OC(=O)c6c(C)c(Cl)c(O)c(Cl)c6OC)[C@@H](C)O5)[C@@H](C)O4)O[C@]3(C)[C@@H]2O)[C@@]1(C)O. The summed E-state index contributed by atoms with van der Waals surface area (Å²) in [6.45, 7) is 16.2. The highest BCUT2D eigenvalue weighted by Gasteiger charge is 2.71. The number of hydrogen-bond acceptors (Lipinski definition) is 37. The van der Waals surface area contributed by atoms with Crippen molar-refractivity contribution in [3.63, 3.8) is 0 Å². The van der Waals surface area contributed by atoms with Crippen molar-refractivity contribution in [2.75, 3.05) is 62.2 Å². The molecule has 0 radical (unpaired) electrons. The predicted molar refractivity (Wildman–Crippen MR) is 374 cm³/mol. The van der Waals surface area contributed by atoms with E-state index >= 15 is 0 Å². The van der Waals surface area contributed by atoms with Crippen LogP contribution in [0, 0.1) is 13.8 Å². The molecule has 11 aliphatic rings. The monoisotopic (exact) mass is 1660 g/mol. The van der Waals surface area contributed by atoms with Crippen LogP contribution in [0.4, 0.5) is 0 Å². The van der Waals surface area contributed by atoms with E-state index in [9.17, 15) is 55.2 Å². The van der Waals surface area contributed by atoms with Gasteiger partial charge < -0.3 is 169 Å². The summed E-state index contributed by atoms with van der Waals surface area (Å²) in [4.78, 5) is 40.3. The molecular weight excluding hydrogens is 1550 g/mol. The predicted octanol–water partition coefficient (Wildman–Crippen LogP) is 1.51. The average Bonchev–Trinajstić information content (AvgIpc) is 1.60. The first kappa shape index (κ1) is 86.4. The van der Waals surface area contributed by atoms with Crippen LogP contribution < -0.4 is 10.1 Å². The molecule has 0 unspecified atom stereocenters. The third-order valence-electron chi connectivity index (χ3n) is 22.9. The molecule has 11 aliphatic heterocycles. The smallest absolute Gasteiger partial charge is 0.342 e. The molecule has 0 bridgehead atoms. The molecule has 11 heterocycles. The number of carbonyl (C=O) groups is 3. The van der Waals surface area contributed by atoms with Crippen molar-refractivity contribution >= 4 is 41.0 Å². The number of aliphatic hydroxyl groups excluding tert-OH is 4. The minimum Gasteiger partial charge on any atom is -0.508 e. The number of carbonyl (C=O) groups excluding carboxylic acids is 3. The van der Waals surface area contributed by atoms with Gasteiger partial charge in [-0.05, 0) is 86.4 Å². The summed E-state index contributed by atoms with van der Waals surface area (Å²) in [7, 11) is 6.75. The van der Waals surface area contributed by atoms with Crippen molar-refractivity contribution in [2.45, 2.75) is 308 Å². The van der Waals surface area contributed by atoms with E-state index in [1.54, 1.807) is 48.5 Å². The molecule has 0 saturated carbocycles. The van der Waals surface area contributed by atoms with E-state index in [1.165, 1.54) is 69.3 Å². The number of methoxy groups -OCH3 is 5. The summed E-state index contributed by atoms with van der Waals surface area (Å²) in [5.74, 6) is -7.73. The van der Waals surface area contributed by atoms with E-state index in [0.29, 0.717) is 0 Å². The third kappa shape index (κ3) is 16.1. The molecule has 11 saturated heterocycles. The van der Waals surface area contributed by atoms with Gasteiger partial charge in [0, 0.05) is 54.3 Å². The van der Waals surface area contributed by atoms with Gasteiger partial charge in [-0.2, -0.15) is 0 Å². The molecular formula is C73H103Cl2NO37. The number of aryl methyl sites for hydroxylation is 1. The maximum Gasteiger partial charge on any atom is 0.342 e. The zero-order valence-electron chi connectivity index (χ0n) is 65.1. The number of aliphatic hydroxyl groups is 5. The van der Waals surface area contributed by atoms with Crippen LogP contribution in [0.3, 0.4) is 0 Å². The Balaban J connectivity index is 0.653. The van der Waals surface area contributed by atoms with Crippen LogP contribution in [0.1, 0.15) is 113 Å². The molecule has 2 aromatic rings. The first-order valence-electron chi connectivity index (χ1n) is 37.3. The van der Waals surface area contributed by atoms with Gasteiger partial charge >= 0.3 is 17.9 Å². The Kier molecular flexibility index (Phi) is 25.7. The summed E-state index contributed by atoms with van der Waals surface area (Å²) >= 11 is 12.9. The Bertz CT molecular complexity index is 3700. The molecule has 1 amide bonds. The van der Waals surface area contributed by atoms with Crippen molar-refractivity contribution in [3.8, 4) is 23.0 Å². The summed E-state index contributed by atoms with van der Waals surface area (Å²) in [6, 6.07) is 2.29. The first-order valence-corrected chi connectivity index (χ1v) is 38.1. The number of aromatic hydroxyl groups is 3. The largest absolute Gasteiger partial charge is 0.508 e. The number of amides is 1. The maximum absolute atomic E-state index is 14.4. The third-order valence-corrected chi connectivity index (χ3v) is 23.8. The minimum absolute atomic E-state index is 0.0733. The van der Waals surface area contributed by atoms with Crippen LogP contribution in [-0.4, -0.2) is 334 Å². The van der Waals surface area contributed by atoms with Crippen LogP contribution in [0.5, 0.6) is 23.0 Å². The Hall–Kier alpha value is -4.49.